The van der Waals surface area contributed by atoms with Crippen molar-refractivity contribution in [2.24, 2.45) is 0 Å². The average Bonchev–Trinajstić information content (AvgIpc) is 2.30. The van der Waals surface area contributed by atoms with E-state index in [4.69, 9.17) is 0 Å². The molecule has 0 radical (unpaired) electrons. The third-order valence-corrected chi connectivity index (χ3v) is 3.29. The van der Waals surface area contributed by atoms with Gasteiger partial charge in [0.15, 0.2) is 0 Å². The number of benzene rings is 1. The highest BCUT2D eigenvalue weighted by Crippen LogP contribution is 2.10. The van der Waals surface area contributed by atoms with E-state index in [-0.39, 0.29) is 7.43 Å². The van der Waals surface area contributed by atoms with E-state index in [9.17, 15) is 0 Å². The Hall–Kier alpha value is -0.820. The van der Waals surface area contributed by atoms with E-state index in [1.807, 2.05) is 0 Å². The lowest BCUT2D eigenvalue weighted by Gasteiger charge is -2.26. The molecule has 2 rings (SSSR count). The fraction of sp³-hybridized carbons (Fsp3) is 0.600. The lowest BCUT2D eigenvalue weighted by atomic mass is 10.1. The van der Waals surface area contributed by atoms with Crippen LogP contribution in [0.4, 0.5) is 0 Å². The molecule has 0 unspecified atom stereocenters. The fourth-order valence-electron chi connectivity index (χ4n) is 2.22. The molecular weight excluding hydrogens is 194 g/mol. The Balaban J connectivity index is 0.00000128. The lowest BCUT2D eigenvalue weighted by Crippen LogP contribution is -2.31. The smallest absolute Gasteiger partial charge is 0.00218 e. The predicted octanol–water partition coefficient (Wildman–Crippen LogP) is 3.66. The first-order valence-corrected chi connectivity index (χ1v) is 6.12. The number of hydrogen-bond donors (Lipinski definition) is 0. The van der Waals surface area contributed by atoms with Crippen LogP contribution in [0.3, 0.4) is 0 Å². The largest absolute Gasteiger partial charge is 0.303 e. The summed E-state index contributed by atoms with van der Waals surface area (Å²) in [4.78, 5) is 2.60. The first-order chi connectivity index (χ1) is 7.34. The third kappa shape index (κ3) is 3.97. The molecule has 16 heavy (non-hydrogen) atoms. The molecule has 0 saturated carbocycles. The van der Waals surface area contributed by atoms with Gasteiger partial charge >= 0.3 is 0 Å². The van der Waals surface area contributed by atoms with E-state index in [1.165, 1.54) is 56.4 Å². The maximum absolute atomic E-state index is 2.60. The van der Waals surface area contributed by atoms with E-state index < -0.39 is 0 Å². The van der Waals surface area contributed by atoms with Gasteiger partial charge in [0.1, 0.15) is 0 Å². The molecule has 1 saturated heterocycles. The molecule has 1 fully saturated rings. The Bertz CT molecular complexity index is 283. The predicted molar refractivity (Wildman–Crippen MR) is 71.9 cm³/mol. The Labute approximate surface area is 100 Å². The summed E-state index contributed by atoms with van der Waals surface area (Å²) in [5.41, 5.74) is 2.84. The van der Waals surface area contributed by atoms with Crippen molar-refractivity contribution < 1.29 is 0 Å². The summed E-state index contributed by atoms with van der Waals surface area (Å²) in [5.74, 6) is 0. The van der Waals surface area contributed by atoms with Crippen LogP contribution < -0.4 is 0 Å². The fourth-order valence-corrected chi connectivity index (χ4v) is 2.22. The second-order valence-electron chi connectivity index (χ2n) is 4.64. The summed E-state index contributed by atoms with van der Waals surface area (Å²) in [5, 5.41) is 0. The van der Waals surface area contributed by atoms with Crippen LogP contribution in [0, 0.1) is 6.92 Å². The van der Waals surface area contributed by atoms with Gasteiger partial charge in [0.2, 0.25) is 0 Å². The zero-order valence-electron chi connectivity index (χ0n) is 9.71. The van der Waals surface area contributed by atoms with E-state index in [0.29, 0.717) is 0 Å². The number of aryl methyl sites for hydroxylation is 1. The second kappa shape index (κ2) is 6.70. The van der Waals surface area contributed by atoms with Crippen LogP contribution >= 0.6 is 0 Å². The highest BCUT2D eigenvalue weighted by atomic mass is 15.1. The molecule has 1 aromatic rings. The van der Waals surface area contributed by atoms with Gasteiger partial charge in [-0.15, -0.1) is 0 Å². The highest BCUT2D eigenvalue weighted by Gasteiger charge is 2.09. The topological polar surface area (TPSA) is 3.24 Å². The summed E-state index contributed by atoms with van der Waals surface area (Å²) >= 11 is 0. The molecule has 1 aliphatic heterocycles. The van der Waals surface area contributed by atoms with Crippen LogP contribution in [0.1, 0.15) is 37.8 Å². The Morgan fingerprint density at radius 3 is 2.25 bits per heavy atom. The molecule has 1 heteroatoms. The van der Waals surface area contributed by atoms with Crippen molar-refractivity contribution in [1.29, 1.82) is 0 Å². The summed E-state index contributed by atoms with van der Waals surface area (Å²) in [6, 6.07) is 8.95. The standard InChI is InChI=1S/C14H21N.CH4/c1-13-5-7-14(8-6-13)9-12-15-10-3-2-4-11-15;/h5-8H,2-4,9-12H2,1H3;1H4. The average molecular weight is 219 g/mol. The van der Waals surface area contributed by atoms with Gasteiger partial charge in [-0.05, 0) is 44.8 Å². The molecule has 0 atom stereocenters. The van der Waals surface area contributed by atoms with Crippen LogP contribution in [0.5, 0.6) is 0 Å². The minimum Gasteiger partial charge on any atom is -0.303 e. The van der Waals surface area contributed by atoms with Crippen molar-refractivity contribution in [3.05, 3.63) is 35.4 Å². The molecule has 0 aromatic heterocycles. The van der Waals surface area contributed by atoms with Crippen LogP contribution in [0.25, 0.3) is 0 Å². The van der Waals surface area contributed by atoms with Crippen LogP contribution in [-0.2, 0) is 6.42 Å². The van der Waals surface area contributed by atoms with Crippen LogP contribution in [0.15, 0.2) is 24.3 Å². The van der Waals surface area contributed by atoms with Crippen molar-refractivity contribution in [2.75, 3.05) is 19.6 Å². The van der Waals surface area contributed by atoms with Gasteiger partial charge in [-0.2, -0.15) is 0 Å². The van der Waals surface area contributed by atoms with E-state index in [2.05, 4.69) is 36.1 Å². The third-order valence-electron chi connectivity index (χ3n) is 3.29. The molecule has 1 aromatic carbocycles. The van der Waals surface area contributed by atoms with Crippen molar-refractivity contribution in [1.82, 2.24) is 4.90 Å². The Morgan fingerprint density at radius 2 is 1.62 bits per heavy atom. The number of rotatable bonds is 3. The molecule has 0 spiro atoms. The highest BCUT2D eigenvalue weighted by molar-refractivity contribution is 5.21. The van der Waals surface area contributed by atoms with Gasteiger partial charge in [-0.25, -0.2) is 0 Å². The van der Waals surface area contributed by atoms with E-state index in [0.717, 1.165) is 0 Å². The van der Waals surface area contributed by atoms with E-state index in [1.54, 1.807) is 0 Å². The van der Waals surface area contributed by atoms with Gasteiger partial charge in [0.05, 0.1) is 0 Å². The van der Waals surface area contributed by atoms with E-state index >= 15 is 0 Å². The van der Waals surface area contributed by atoms with Gasteiger partial charge in [-0.3, -0.25) is 0 Å². The summed E-state index contributed by atoms with van der Waals surface area (Å²) < 4.78 is 0. The van der Waals surface area contributed by atoms with Gasteiger partial charge in [-0.1, -0.05) is 43.7 Å². The van der Waals surface area contributed by atoms with Gasteiger partial charge < -0.3 is 4.90 Å². The molecule has 0 amide bonds. The number of piperidine rings is 1. The molecule has 1 heterocycles. The quantitative estimate of drug-likeness (QED) is 0.750. The zero-order chi connectivity index (χ0) is 10.5. The first kappa shape index (κ1) is 13.2. The minimum atomic E-state index is 0. The molecule has 0 N–H and O–H groups in total. The SMILES string of the molecule is C.Cc1ccc(CCN2CCCCC2)cc1. The molecule has 1 nitrogen and oxygen atoms in total. The lowest BCUT2D eigenvalue weighted by molar-refractivity contribution is 0.231. The summed E-state index contributed by atoms with van der Waals surface area (Å²) in [7, 11) is 0. The number of nitrogens with zero attached hydrogens (tertiary/aromatic N) is 1. The normalized spacial score (nSPS) is 16.8. The molecule has 0 aliphatic carbocycles. The first-order valence-electron chi connectivity index (χ1n) is 6.12. The number of likely N-dealkylation sites (tertiary alicyclic amines) is 1. The number of hydrogen-bond acceptors (Lipinski definition) is 1. The molecule has 1 aliphatic rings. The second-order valence-corrected chi connectivity index (χ2v) is 4.64. The van der Waals surface area contributed by atoms with Crippen molar-refractivity contribution in [3.63, 3.8) is 0 Å². The van der Waals surface area contributed by atoms with Crippen molar-refractivity contribution in [2.45, 2.75) is 40.0 Å². The molecular formula is C15H25N. The maximum Gasteiger partial charge on any atom is 0.00218 e. The van der Waals surface area contributed by atoms with Crippen LogP contribution in [0.2, 0.25) is 0 Å². The summed E-state index contributed by atoms with van der Waals surface area (Å²) in [6.45, 7) is 6.01. The molecule has 0 bridgehead atoms. The minimum absolute atomic E-state index is 0. The maximum atomic E-state index is 2.60. The Kier molecular flexibility index (Phi) is 5.54. The Morgan fingerprint density at radius 1 is 1.00 bits per heavy atom. The van der Waals surface area contributed by atoms with Gasteiger partial charge in [0.25, 0.3) is 0 Å². The summed E-state index contributed by atoms with van der Waals surface area (Å²) in [6.07, 6.45) is 5.43. The van der Waals surface area contributed by atoms with Crippen LogP contribution in [-0.4, -0.2) is 24.5 Å². The zero-order valence-corrected chi connectivity index (χ0v) is 9.71. The molecule has 90 valence electrons. The van der Waals surface area contributed by atoms with Crippen molar-refractivity contribution in [3.8, 4) is 0 Å². The monoisotopic (exact) mass is 219 g/mol. The van der Waals surface area contributed by atoms with Gasteiger partial charge in [0, 0.05) is 6.54 Å². The van der Waals surface area contributed by atoms with Crippen molar-refractivity contribution >= 4 is 0 Å².